The van der Waals surface area contributed by atoms with Crippen molar-refractivity contribution < 1.29 is 13.2 Å². The molecule has 0 unspecified atom stereocenters. The molecule has 1 aromatic heterocycles. The van der Waals surface area contributed by atoms with Crippen LogP contribution in [0.15, 0.2) is 84.0 Å². The van der Waals surface area contributed by atoms with E-state index in [1.807, 2.05) is 60.3 Å². The van der Waals surface area contributed by atoms with Crippen LogP contribution in [0.4, 0.5) is 5.69 Å². The number of nitrogens with one attached hydrogen (secondary N) is 1. The van der Waals surface area contributed by atoms with E-state index in [-0.39, 0.29) is 22.6 Å². The third kappa shape index (κ3) is 5.41. The minimum atomic E-state index is -3.79. The maximum atomic E-state index is 14.0. The summed E-state index contributed by atoms with van der Waals surface area (Å²) in [5.74, 6) is 0.778. The van der Waals surface area contributed by atoms with E-state index < -0.39 is 16.1 Å². The number of anilines is 1. The molecule has 0 aliphatic heterocycles. The number of nitrogens with zero attached hydrogens (tertiary/aromatic N) is 3. The smallest absolute Gasteiger partial charge is 0.241 e. The van der Waals surface area contributed by atoms with E-state index in [1.54, 1.807) is 23.2 Å². The number of halogens is 2. The van der Waals surface area contributed by atoms with Gasteiger partial charge in [-0.15, -0.1) is 0 Å². The first kappa shape index (κ1) is 27.0. The first-order chi connectivity index (χ1) is 19.2. The fourth-order valence-corrected chi connectivity index (χ4v) is 7.18. The summed E-state index contributed by atoms with van der Waals surface area (Å²) in [4.78, 5) is 20.3. The SMILES string of the molecule is Cn1ccnc1CN(C(=O)[C@H]1C[C@H]1c1ccc(Cl)cc1)c1ccc2c(c1)[C@H](NS(=O)(=O)c1cccc(Cl)c1)CC2. The Bertz CT molecular complexity index is 1690. The van der Waals surface area contributed by atoms with E-state index >= 15 is 0 Å². The van der Waals surface area contributed by atoms with Gasteiger partial charge in [0.25, 0.3) is 0 Å². The molecule has 3 atom stereocenters. The van der Waals surface area contributed by atoms with Gasteiger partial charge in [-0.3, -0.25) is 4.79 Å². The predicted molar refractivity (Wildman–Crippen MR) is 156 cm³/mol. The highest BCUT2D eigenvalue weighted by molar-refractivity contribution is 7.89. The standard InChI is InChI=1S/C30H28Cl2N4O3S/c1-35-14-13-33-29(35)18-36(30(37)27-17-25(27)19-5-9-21(31)10-6-19)23-11-7-20-8-12-28(26(20)16-23)34-40(38,39)24-4-2-3-22(32)15-24/h2-7,9-11,13-16,25,27-28,34H,8,12,17-18H2,1H3/t25-,27-,28+/m0/s1. The lowest BCUT2D eigenvalue weighted by molar-refractivity contribution is -0.120. The normalized spacial score (nSPS) is 19.8. The summed E-state index contributed by atoms with van der Waals surface area (Å²) in [5.41, 5.74) is 3.77. The fraction of sp³-hybridized carbons (Fsp3) is 0.267. The van der Waals surface area contributed by atoms with Crippen LogP contribution in [-0.4, -0.2) is 23.9 Å². The molecule has 0 radical (unpaired) electrons. The molecular weight excluding hydrogens is 567 g/mol. The Kier molecular flexibility index (Phi) is 7.21. The maximum absolute atomic E-state index is 14.0. The molecule has 6 rings (SSSR count). The minimum absolute atomic E-state index is 0.0250. The zero-order valence-electron chi connectivity index (χ0n) is 21.8. The maximum Gasteiger partial charge on any atom is 0.241 e. The van der Waals surface area contributed by atoms with Gasteiger partial charge in [-0.25, -0.2) is 18.1 Å². The lowest BCUT2D eigenvalue weighted by Gasteiger charge is -2.25. The zero-order valence-corrected chi connectivity index (χ0v) is 24.1. The van der Waals surface area contributed by atoms with Gasteiger partial charge >= 0.3 is 0 Å². The fourth-order valence-electron chi connectivity index (χ4n) is 5.50. The van der Waals surface area contributed by atoms with Crippen molar-refractivity contribution in [3.63, 3.8) is 0 Å². The monoisotopic (exact) mass is 594 g/mol. The molecule has 7 nitrogen and oxygen atoms in total. The van der Waals surface area contributed by atoms with Crippen LogP contribution >= 0.6 is 23.2 Å². The van der Waals surface area contributed by atoms with Crippen molar-refractivity contribution in [2.45, 2.75) is 42.7 Å². The summed E-state index contributed by atoms with van der Waals surface area (Å²) < 4.78 is 31.1. The van der Waals surface area contributed by atoms with Crippen LogP contribution < -0.4 is 9.62 Å². The zero-order chi connectivity index (χ0) is 28.0. The highest BCUT2D eigenvalue weighted by atomic mass is 35.5. The van der Waals surface area contributed by atoms with Crippen molar-refractivity contribution >= 4 is 44.8 Å². The Morgan fingerprint density at radius 2 is 1.88 bits per heavy atom. The van der Waals surface area contributed by atoms with Gasteiger partial charge in [0.15, 0.2) is 0 Å². The molecule has 1 heterocycles. The van der Waals surface area contributed by atoms with Crippen molar-refractivity contribution in [3.8, 4) is 0 Å². The third-order valence-corrected chi connectivity index (χ3v) is 9.77. The van der Waals surface area contributed by atoms with E-state index in [0.29, 0.717) is 23.0 Å². The number of benzene rings is 3. The van der Waals surface area contributed by atoms with Gasteiger partial charge in [0, 0.05) is 47.1 Å². The van der Waals surface area contributed by atoms with Crippen LogP contribution in [0, 0.1) is 5.92 Å². The average molecular weight is 596 g/mol. The van der Waals surface area contributed by atoms with Gasteiger partial charge in [-0.1, -0.05) is 47.5 Å². The summed E-state index contributed by atoms with van der Waals surface area (Å²) in [7, 11) is -1.88. The highest BCUT2D eigenvalue weighted by Gasteiger charge is 2.46. The van der Waals surface area contributed by atoms with Crippen LogP contribution in [0.3, 0.4) is 0 Å². The topological polar surface area (TPSA) is 84.3 Å². The largest absolute Gasteiger partial charge is 0.337 e. The molecule has 1 amide bonds. The molecule has 1 fully saturated rings. The van der Waals surface area contributed by atoms with Crippen LogP contribution in [0.5, 0.6) is 0 Å². The first-order valence-corrected chi connectivity index (χ1v) is 15.4. The van der Waals surface area contributed by atoms with Crippen molar-refractivity contribution in [2.24, 2.45) is 13.0 Å². The van der Waals surface area contributed by atoms with E-state index in [1.165, 1.54) is 12.1 Å². The molecule has 40 heavy (non-hydrogen) atoms. The molecule has 4 aromatic rings. The molecule has 2 aliphatic rings. The Hall–Kier alpha value is -3.17. The number of carbonyl (C=O) groups is 1. The number of hydrogen-bond donors (Lipinski definition) is 1. The number of carbonyl (C=O) groups excluding carboxylic acids is 1. The average Bonchev–Trinajstić information content (AvgIpc) is 3.49. The summed E-state index contributed by atoms with van der Waals surface area (Å²) >= 11 is 12.1. The molecule has 206 valence electrons. The van der Waals surface area contributed by atoms with Crippen LogP contribution in [0.2, 0.25) is 10.0 Å². The molecule has 1 saturated carbocycles. The minimum Gasteiger partial charge on any atom is -0.337 e. The molecule has 0 spiro atoms. The highest BCUT2D eigenvalue weighted by Crippen LogP contribution is 2.49. The Labute approximate surface area is 243 Å². The van der Waals surface area contributed by atoms with Gasteiger partial charge in [0.1, 0.15) is 5.82 Å². The summed E-state index contributed by atoms with van der Waals surface area (Å²) in [6.07, 6.45) is 5.72. The van der Waals surface area contributed by atoms with Gasteiger partial charge in [-0.2, -0.15) is 0 Å². The molecular formula is C30H28Cl2N4O3S. The van der Waals surface area contributed by atoms with E-state index in [0.717, 1.165) is 41.0 Å². The molecule has 0 bridgehead atoms. The number of hydrogen-bond acceptors (Lipinski definition) is 4. The van der Waals surface area contributed by atoms with Crippen molar-refractivity contribution in [2.75, 3.05) is 4.90 Å². The Morgan fingerprint density at radius 3 is 2.60 bits per heavy atom. The molecule has 1 N–H and O–H groups in total. The molecule has 2 aliphatic carbocycles. The lowest BCUT2D eigenvalue weighted by Crippen LogP contribution is -2.33. The number of aryl methyl sites for hydroxylation is 2. The number of rotatable bonds is 8. The lowest BCUT2D eigenvalue weighted by atomic mass is 10.1. The number of amides is 1. The number of aromatic nitrogens is 2. The summed E-state index contributed by atoms with van der Waals surface area (Å²) in [6.45, 7) is 0.309. The molecule has 10 heteroatoms. The molecule has 3 aromatic carbocycles. The van der Waals surface area contributed by atoms with Gasteiger partial charge in [0.2, 0.25) is 15.9 Å². The number of fused-ring (bicyclic) bond motifs is 1. The van der Waals surface area contributed by atoms with E-state index in [2.05, 4.69) is 9.71 Å². The van der Waals surface area contributed by atoms with E-state index in [9.17, 15) is 13.2 Å². The number of sulfonamides is 1. The van der Waals surface area contributed by atoms with Crippen molar-refractivity contribution in [1.82, 2.24) is 14.3 Å². The van der Waals surface area contributed by atoms with Crippen LogP contribution in [0.25, 0.3) is 0 Å². The Balaban J connectivity index is 1.29. The second kappa shape index (κ2) is 10.7. The second-order valence-electron chi connectivity index (χ2n) is 10.4. The first-order valence-electron chi connectivity index (χ1n) is 13.1. The van der Waals surface area contributed by atoms with Gasteiger partial charge < -0.3 is 9.47 Å². The van der Waals surface area contributed by atoms with E-state index in [4.69, 9.17) is 23.2 Å². The summed E-state index contributed by atoms with van der Waals surface area (Å²) in [5, 5.41) is 1.03. The Morgan fingerprint density at radius 1 is 1.07 bits per heavy atom. The van der Waals surface area contributed by atoms with Crippen molar-refractivity contribution in [3.05, 3.63) is 112 Å². The van der Waals surface area contributed by atoms with Crippen LogP contribution in [-0.2, 0) is 34.8 Å². The third-order valence-electron chi connectivity index (χ3n) is 7.82. The molecule has 0 saturated heterocycles. The summed E-state index contributed by atoms with van der Waals surface area (Å²) in [6, 6.07) is 19.4. The van der Waals surface area contributed by atoms with Crippen LogP contribution in [0.1, 0.15) is 47.3 Å². The van der Waals surface area contributed by atoms with Gasteiger partial charge in [-0.05, 0) is 84.3 Å². The second-order valence-corrected chi connectivity index (χ2v) is 13.0. The predicted octanol–water partition coefficient (Wildman–Crippen LogP) is 6.03. The van der Waals surface area contributed by atoms with Crippen molar-refractivity contribution in [1.29, 1.82) is 0 Å². The number of imidazole rings is 1. The quantitative estimate of drug-likeness (QED) is 0.270. The van der Waals surface area contributed by atoms with Gasteiger partial charge in [0.05, 0.1) is 11.4 Å².